The van der Waals surface area contributed by atoms with Crippen LogP contribution in [-0.2, 0) is 6.54 Å². The third-order valence-corrected chi connectivity index (χ3v) is 5.42. The van der Waals surface area contributed by atoms with Gasteiger partial charge < -0.3 is 19.1 Å². The van der Waals surface area contributed by atoms with Crippen molar-refractivity contribution in [1.29, 1.82) is 0 Å². The molecular formula is C25H39NO4. The third-order valence-electron chi connectivity index (χ3n) is 5.42. The van der Waals surface area contributed by atoms with Crippen molar-refractivity contribution in [2.45, 2.75) is 91.5 Å². The SMILES string of the molecule is CCCCCCCCn1c(=O)c(OCCCC)c(O)c2ccc(OCCCC)cc21. The first-order chi connectivity index (χ1) is 14.6. The number of aromatic nitrogens is 1. The van der Waals surface area contributed by atoms with Crippen molar-refractivity contribution in [3.05, 3.63) is 28.6 Å². The molecule has 1 aromatic carbocycles. The van der Waals surface area contributed by atoms with Crippen LogP contribution in [0.15, 0.2) is 23.0 Å². The number of benzene rings is 1. The van der Waals surface area contributed by atoms with Crippen molar-refractivity contribution in [3.8, 4) is 17.2 Å². The van der Waals surface area contributed by atoms with Gasteiger partial charge in [0.2, 0.25) is 5.75 Å². The molecule has 0 bridgehead atoms. The number of hydrogen-bond acceptors (Lipinski definition) is 4. The lowest BCUT2D eigenvalue weighted by molar-refractivity contribution is 0.287. The van der Waals surface area contributed by atoms with Gasteiger partial charge in [-0.1, -0.05) is 65.7 Å². The van der Waals surface area contributed by atoms with E-state index < -0.39 is 0 Å². The molecule has 2 aromatic rings. The van der Waals surface area contributed by atoms with Gasteiger partial charge >= 0.3 is 0 Å². The minimum atomic E-state index is -0.254. The average molecular weight is 418 g/mol. The van der Waals surface area contributed by atoms with Crippen molar-refractivity contribution >= 4 is 10.9 Å². The highest BCUT2D eigenvalue weighted by Crippen LogP contribution is 2.33. The zero-order chi connectivity index (χ0) is 21.8. The number of ether oxygens (including phenoxy) is 2. The van der Waals surface area contributed by atoms with E-state index in [-0.39, 0.29) is 17.1 Å². The van der Waals surface area contributed by atoms with Crippen LogP contribution in [0.2, 0.25) is 0 Å². The molecule has 0 atom stereocenters. The fourth-order valence-electron chi connectivity index (χ4n) is 3.54. The monoisotopic (exact) mass is 417 g/mol. The van der Waals surface area contributed by atoms with Gasteiger partial charge in [0.15, 0.2) is 5.75 Å². The molecule has 168 valence electrons. The Morgan fingerprint density at radius 3 is 2.17 bits per heavy atom. The van der Waals surface area contributed by atoms with Crippen LogP contribution in [0.5, 0.6) is 17.2 Å². The van der Waals surface area contributed by atoms with Gasteiger partial charge in [0.1, 0.15) is 5.75 Å². The first-order valence-electron chi connectivity index (χ1n) is 11.8. The summed E-state index contributed by atoms with van der Waals surface area (Å²) in [4.78, 5) is 13.2. The molecule has 0 aliphatic rings. The topological polar surface area (TPSA) is 60.7 Å². The molecule has 5 nitrogen and oxygen atoms in total. The smallest absolute Gasteiger partial charge is 0.297 e. The maximum absolute atomic E-state index is 13.2. The Morgan fingerprint density at radius 2 is 1.47 bits per heavy atom. The summed E-state index contributed by atoms with van der Waals surface area (Å²) in [6.07, 6.45) is 10.8. The molecule has 30 heavy (non-hydrogen) atoms. The molecule has 0 aliphatic carbocycles. The second-order valence-corrected chi connectivity index (χ2v) is 7.99. The zero-order valence-corrected chi connectivity index (χ0v) is 19.0. The summed E-state index contributed by atoms with van der Waals surface area (Å²) in [6.45, 7) is 8.10. The number of pyridine rings is 1. The summed E-state index contributed by atoms with van der Waals surface area (Å²) < 4.78 is 13.3. The van der Waals surface area contributed by atoms with E-state index in [1.165, 1.54) is 25.7 Å². The molecule has 1 heterocycles. The van der Waals surface area contributed by atoms with E-state index in [1.54, 1.807) is 4.57 Å². The Hall–Kier alpha value is -2.17. The highest BCUT2D eigenvalue weighted by atomic mass is 16.5. The number of aryl methyl sites for hydroxylation is 1. The second-order valence-electron chi connectivity index (χ2n) is 7.99. The fourth-order valence-corrected chi connectivity index (χ4v) is 3.54. The van der Waals surface area contributed by atoms with Crippen LogP contribution in [0.25, 0.3) is 10.9 Å². The molecule has 0 aliphatic heterocycles. The normalized spacial score (nSPS) is 11.2. The lowest BCUT2D eigenvalue weighted by Gasteiger charge is -2.16. The summed E-state index contributed by atoms with van der Waals surface area (Å²) in [7, 11) is 0. The first-order valence-corrected chi connectivity index (χ1v) is 11.8. The molecular weight excluding hydrogens is 378 g/mol. The summed E-state index contributed by atoms with van der Waals surface area (Å²) >= 11 is 0. The Morgan fingerprint density at radius 1 is 0.833 bits per heavy atom. The van der Waals surface area contributed by atoms with Gasteiger partial charge in [-0.25, -0.2) is 0 Å². The van der Waals surface area contributed by atoms with Crippen LogP contribution in [0, 0.1) is 0 Å². The van der Waals surface area contributed by atoms with Gasteiger partial charge in [-0.05, 0) is 31.4 Å². The van der Waals surface area contributed by atoms with Gasteiger partial charge in [-0.15, -0.1) is 0 Å². The number of unbranched alkanes of at least 4 members (excludes halogenated alkanes) is 7. The molecule has 2 rings (SSSR count). The lowest BCUT2D eigenvalue weighted by Crippen LogP contribution is -2.23. The van der Waals surface area contributed by atoms with E-state index in [0.717, 1.165) is 44.3 Å². The molecule has 5 heteroatoms. The van der Waals surface area contributed by atoms with Crippen LogP contribution in [0.4, 0.5) is 0 Å². The third kappa shape index (κ3) is 6.68. The van der Waals surface area contributed by atoms with E-state index in [0.29, 0.717) is 30.7 Å². The number of rotatable bonds is 15. The highest BCUT2D eigenvalue weighted by molar-refractivity contribution is 5.88. The van der Waals surface area contributed by atoms with Crippen LogP contribution in [-0.4, -0.2) is 22.9 Å². The minimum absolute atomic E-state index is 0.0644. The maximum atomic E-state index is 13.2. The second kappa shape index (κ2) is 13.2. The molecule has 0 saturated heterocycles. The Balaban J connectivity index is 2.32. The summed E-state index contributed by atoms with van der Waals surface area (Å²) in [5, 5.41) is 11.4. The maximum Gasteiger partial charge on any atom is 0.297 e. The quantitative estimate of drug-likeness (QED) is 0.339. The Labute approximate surface area is 181 Å². The van der Waals surface area contributed by atoms with Gasteiger partial charge in [-0.3, -0.25) is 4.79 Å². The van der Waals surface area contributed by atoms with E-state index >= 15 is 0 Å². The zero-order valence-electron chi connectivity index (χ0n) is 19.0. The predicted molar refractivity (Wildman–Crippen MR) is 124 cm³/mol. The fraction of sp³-hybridized carbons (Fsp3) is 0.640. The van der Waals surface area contributed by atoms with Crippen molar-refractivity contribution < 1.29 is 14.6 Å². The largest absolute Gasteiger partial charge is 0.504 e. The predicted octanol–water partition coefficient (Wildman–Crippen LogP) is 6.43. The average Bonchev–Trinajstić information content (AvgIpc) is 2.75. The van der Waals surface area contributed by atoms with Crippen LogP contribution in [0.1, 0.15) is 85.0 Å². The van der Waals surface area contributed by atoms with Crippen molar-refractivity contribution in [2.75, 3.05) is 13.2 Å². The lowest BCUT2D eigenvalue weighted by atomic mass is 10.1. The molecule has 0 radical (unpaired) electrons. The van der Waals surface area contributed by atoms with Crippen LogP contribution < -0.4 is 15.0 Å². The highest BCUT2D eigenvalue weighted by Gasteiger charge is 2.18. The van der Waals surface area contributed by atoms with Crippen LogP contribution >= 0.6 is 0 Å². The molecule has 0 unspecified atom stereocenters. The van der Waals surface area contributed by atoms with Crippen molar-refractivity contribution in [1.82, 2.24) is 4.57 Å². The Bertz CT molecular complexity index is 828. The minimum Gasteiger partial charge on any atom is -0.504 e. The molecule has 0 amide bonds. The molecule has 1 aromatic heterocycles. The standard InChI is InChI=1S/C25H39NO4/c1-4-7-10-11-12-13-16-26-22-19-20(29-17-8-5-2)14-15-21(22)23(27)24(25(26)28)30-18-9-6-3/h14-15,19,27H,4-13,16-18H2,1-3H3. The van der Waals surface area contributed by atoms with Gasteiger partial charge in [0.25, 0.3) is 5.56 Å². The van der Waals surface area contributed by atoms with E-state index in [9.17, 15) is 9.90 Å². The van der Waals surface area contributed by atoms with E-state index in [2.05, 4.69) is 20.8 Å². The summed E-state index contributed by atoms with van der Waals surface area (Å²) in [5.74, 6) is 0.734. The number of aromatic hydroxyl groups is 1. The Kier molecular flexibility index (Phi) is 10.6. The number of hydrogen-bond donors (Lipinski definition) is 1. The van der Waals surface area contributed by atoms with Crippen molar-refractivity contribution in [3.63, 3.8) is 0 Å². The van der Waals surface area contributed by atoms with E-state index in [1.807, 2.05) is 18.2 Å². The van der Waals surface area contributed by atoms with Crippen LogP contribution in [0.3, 0.4) is 0 Å². The van der Waals surface area contributed by atoms with Gasteiger partial charge in [0.05, 0.1) is 18.7 Å². The molecule has 1 N–H and O–H groups in total. The molecule has 0 fully saturated rings. The molecule has 0 saturated carbocycles. The van der Waals surface area contributed by atoms with Gasteiger partial charge in [-0.2, -0.15) is 0 Å². The van der Waals surface area contributed by atoms with Gasteiger partial charge in [0, 0.05) is 18.0 Å². The summed E-state index contributed by atoms with van der Waals surface area (Å²) in [5.41, 5.74) is 0.457. The molecule has 0 spiro atoms. The number of fused-ring (bicyclic) bond motifs is 1. The van der Waals surface area contributed by atoms with Crippen molar-refractivity contribution in [2.24, 2.45) is 0 Å². The number of nitrogens with zero attached hydrogens (tertiary/aromatic N) is 1. The van der Waals surface area contributed by atoms with E-state index in [4.69, 9.17) is 9.47 Å². The first kappa shape index (κ1) is 24.1. The summed E-state index contributed by atoms with van der Waals surface area (Å²) in [6, 6.07) is 5.56.